The normalized spacial score (nSPS) is 15.3. The van der Waals surface area contributed by atoms with Crippen LogP contribution >= 0.6 is 0 Å². The van der Waals surface area contributed by atoms with Gasteiger partial charge in [0.1, 0.15) is 5.82 Å². The molecule has 2 aromatic rings. The van der Waals surface area contributed by atoms with Crippen molar-refractivity contribution in [1.82, 2.24) is 9.62 Å². The molecule has 1 saturated heterocycles. The van der Waals surface area contributed by atoms with Gasteiger partial charge in [-0.05, 0) is 56.2 Å². The largest absolute Gasteiger partial charge is 0.362 e. The smallest absolute Gasteiger partial charge is 0.242 e. The van der Waals surface area contributed by atoms with Crippen LogP contribution in [0.2, 0.25) is 0 Å². The number of carbonyl (C=O) groups excluding carboxylic acids is 1. The molecule has 0 radical (unpaired) electrons. The summed E-state index contributed by atoms with van der Waals surface area (Å²) in [6.45, 7) is 4.04. The molecule has 0 saturated carbocycles. The maximum absolute atomic E-state index is 13.0. The van der Waals surface area contributed by atoms with Crippen LogP contribution in [-0.4, -0.2) is 51.4 Å². The van der Waals surface area contributed by atoms with Crippen molar-refractivity contribution in [2.24, 2.45) is 0 Å². The molecule has 3 rings (SSSR count). The van der Waals surface area contributed by atoms with Crippen LogP contribution in [0.1, 0.15) is 19.8 Å². The van der Waals surface area contributed by atoms with E-state index < -0.39 is 15.8 Å². The predicted molar refractivity (Wildman–Crippen MR) is 111 cm³/mol. The molecule has 0 aromatic heterocycles. The highest BCUT2D eigenvalue weighted by Gasteiger charge is 2.27. The molecule has 8 heteroatoms. The lowest BCUT2D eigenvalue weighted by molar-refractivity contribution is -0.130. The van der Waals surface area contributed by atoms with Crippen LogP contribution in [0.25, 0.3) is 0 Å². The lowest BCUT2D eigenvalue weighted by Gasteiger charge is -2.34. The lowest BCUT2D eigenvalue weighted by Crippen LogP contribution is -2.49. The molecule has 1 aliphatic heterocycles. The summed E-state index contributed by atoms with van der Waals surface area (Å²) in [7, 11) is -3.70. The molecule has 0 aliphatic carbocycles. The summed E-state index contributed by atoms with van der Waals surface area (Å²) in [6.07, 6.45) is 1.09. The van der Waals surface area contributed by atoms with Gasteiger partial charge in [-0.3, -0.25) is 4.79 Å². The summed E-state index contributed by atoms with van der Waals surface area (Å²) in [6, 6.07) is 14.3. The zero-order valence-corrected chi connectivity index (χ0v) is 17.2. The molecule has 1 fully saturated rings. The maximum atomic E-state index is 13.0. The quantitative estimate of drug-likeness (QED) is 0.749. The number of benzene rings is 2. The van der Waals surface area contributed by atoms with Gasteiger partial charge in [0.2, 0.25) is 15.9 Å². The number of carbonyl (C=O) groups is 1. The average molecular weight is 420 g/mol. The van der Waals surface area contributed by atoms with Crippen LogP contribution in [0.3, 0.4) is 0 Å². The molecule has 156 valence electrons. The van der Waals surface area contributed by atoms with Crippen molar-refractivity contribution in [3.8, 4) is 0 Å². The Morgan fingerprint density at radius 3 is 2.31 bits per heavy atom. The highest BCUT2D eigenvalue weighted by molar-refractivity contribution is 7.89. The van der Waals surface area contributed by atoms with Gasteiger partial charge >= 0.3 is 0 Å². The van der Waals surface area contributed by atoms with Crippen molar-refractivity contribution >= 4 is 21.6 Å². The summed E-state index contributed by atoms with van der Waals surface area (Å²) >= 11 is 0. The first-order valence-electron chi connectivity index (χ1n) is 9.74. The molecule has 1 amide bonds. The van der Waals surface area contributed by atoms with Gasteiger partial charge < -0.3 is 9.80 Å². The van der Waals surface area contributed by atoms with E-state index in [1.807, 2.05) is 42.2 Å². The van der Waals surface area contributed by atoms with E-state index in [0.717, 1.165) is 24.4 Å². The first-order chi connectivity index (χ1) is 13.9. The molecule has 0 atom stereocenters. The minimum absolute atomic E-state index is 0.0375. The fourth-order valence-electron chi connectivity index (χ4n) is 3.44. The van der Waals surface area contributed by atoms with Crippen LogP contribution < -0.4 is 9.62 Å². The number of nitrogens with zero attached hydrogens (tertiary/aromatic N) is 2. The molecule has 29 heavy (non-hydrogen) atoms. The number of hydrogen-bond acceptors (Lipinski definition) is 4. The number of para-hydroxylation sites is 1. The van der Waals surface area contributed by atoms with E-state index >= 15 is 0 Å². The Hall–Kier alpha value is -2.45. The van der Waals surface area contributed by atoms with Gasteiger partial charge in [0.05, 0.1) is 11.4 Å². The Morgan fingerprint density at radius 1 is 1.10 bits per heavy atom. The van der Waals surface area contributed by atoms with E-state index in [2.05, 4.69) is 4.72 Å². The number of anilines is 1. The Labute approximate surface area is 171 Å². The minimum Gasteiger partial charge on any atom is -0.362 e. The summed E-state index contributed by atoms with van der Waals surface area (Å²) in [5.41, 5.74) is 1.00. The third-order valence-corrected chi connectivity index (χ3v) is 6.66. The van der Waals surface area contributed by atoms with Crippen LogP contribution in [0.5, 0.6) is 0 Å². The number of nitrogens with one attached hydrogen (secondary N) is 1. The third-order valence-electron chi connectivity index (χ3n) is 5.12. The number of piperidine rings is 1. The van der Waals surface area contributed by atoms with E-state index in [0.29, 0.717) is 32.5 Å². The summed E-state index contributed by atoms with van der Waals surface area (Å²) < 4.78 is 40.6. The van der Waals surface area contributed by atoms with Crippen molar-refractivity contribution in [2.45, 2.75) is 30.7 Å². The number of halogens is 1. The fourth-order valence-corrected chi connectivity index (χ4v) is 4.74. The van der Waals surface area contributed by atoms with Crippen molar-refractivity contribution in [1.29, 1.82) is 0 Å². The van der Waals surface area contributed by atoms with Gasteiger partial charge in [-0.2, -0.15) is 0 Å². The second kappa shape index (κ2) is 9.37. The summed E-state index contributed by atoms with van der Waals surface area (Å²) in [4.78, 5) is 16.5. The molecule has 6 nitrogen and oxygen atoms in total. The summed E-state index contributed by atoms with van der Waals surface area (Å²) in [5.74, 6) is -0.442. The van der Waals surface area contributed by atoms with Crippen LogP contribution in [0.4, 0.5) is 10.1 Å². The van der Waals surface area contributed by atoms with Gasteiger partial charge in [0, 0.05) is 31.4 Å². The summed E-state index contributed by atoms with van der Waals surface area (Å²) in [5, 5.41) is 0. The molecule has 0 bridgehead atoms. The number of sulfonamides is 1. The molecule has 0 unspecified atom stereocenters. The Balaban J connectivity index is 1.53. The number of hydrogen-bond donors (Lipinski definition) is 1. The van der Waals surface area contributed by atoms with E-state index in [9.17, 15) is 17.6 Å². The SMILES string of the molecule is CCN(CC(=O)N1CCC(NS(=O)(=O)c2ccc(F)cc2)CC1)c1ccccc1. The maximum Gasteiger partial charge on any atom is 0.242 e. The monoisotopic (exact) mass is 419 g/mol. The molecule has 1 aliphatic rings. The first kappa shape index (κ1) is 21.3. The van der Waals surface area contributed by atoms with Crippen molar-refractivity contribution in [3.63, 3.8) is 0 Å². The Bertz CT molecular complexity index is 912. The van der Waals surface area contributed by atoms with E-state index in [1.54, 1.807) is 4.90 Å². The van der Waals surface area contributed by atoms with Crippen molar-refractivity contribution in [2.75, 3.05) is 31.1 Å². The van der Waals surface area contributed by atoms with Crippen LogP contribution in [-0.2, 0) is 14.8 Å². The van der Waals surface area contributed by atoms with Gasteiger partial charge in [-0.15, -0.1) is 0 Å². The average Bonchev–Trinajstić information content (AvgIpc) is 2.73. The van der Waals surface area contributed by atoms with E-state index in [-0.39, 0.29) is 16.8 Å². The number of rotatable bonds is 7. The van der Waals surface area contributed by atoms with Crippen molar-refractivity contribution in [3.05, 3.63) is 60.4 Å². The number of likely N-dealkylation sites (N-methyl/N-ethyl adjacent to an activating group) is 1. The molecule has 0 spiro atoms. The molecule has 1 heterocycles. The first-order valence-corrected chi connectivity index (χ1v) is 11.2. The molecule has 1 N–H and O–H groups in total. The lowest BCUT2D eigenvalue weighted by atomic mass is 10.1. The standard InChI is InChI=1S/C21H26FN3O3S/c1-2-24(19-6-4-3-5-7-19)16-21(26)25-14-12-18(13-15-25)23-29(27,28)20-10-8-17(22)9-11-20/h3-11,18,23H,2,12-16H2,1H3. The number of amides is 1. The third kappa shape index (κ3) is 5.55. The Morgan fingerprint density at radius 2 is 1.72 bits per heavy atom. The second-order valence-electron chi connectivity index (χ2n) is 7.08. The predicted octanol–water partition coefficient (Wildman–Crippen LogP) is 2.62. The van der Waals surface area contributed by atoms with Gasteiger partial charge in [0.25, 0.3) is 0 Å². The van der Waals surface area contributed by atoms with Crippen LogP contribution in [0, 0.1) is 5.82 Å². The van der Waals surface area contributed by atoms with E-state index in [1.165, 1.54) is 12.1 Å². The fraction of sp³-hybridized carbons (Fsp3) is 0.381. The molecular weight excluding hydrogens is 393 g/mol. The zero-order chi connectivity index (χ0) is 20.9. The molecule has 2 aromatic carbocycles. The second-order valence-corrected chi connectivity index (χ2v) is 8.79. The highest BCUT2D eigenvalue weighted by atomic mass is 32.2. The van der Waals surface area contributed by atoms with Gasteiger partial charge in [0.15, 0.2) is 0 Å². The molecular formula is C21H26FN3O3S. The van der Waals surface area contributed by atoms with Gasteiger partial charge in [-0.1, -0.05) is 18.2 Å². The van der Waals surface area contributed by atoms with Gasteiger partial charge in [-0.25, -0.2) is 17.5 Å². The van der Waals surface area contributed by atoms with E-state index in [4.69, 9.17) is 0 Å². The van der Waals surface area contributed by atoms with Crippen molar-refractivity contribution < 1.29 is 17.6 Å². The highest BCUT2D eigenvalue weighted by Crippen LogP contribution is 2.17. The topological polar surface area (TPSA) is 69.7 Å². The zero-order valence-electron chi connectivity index (χ0n) is 16.4. The van der Waals surface area contributed by atoms with Crippen LogP contribution in [0.15, 0.2) is 59.5 Å². The Kier molecular flexibility index (Phi) is 6.87. The minimum atomic E-state index is -3.70. The number of likely N-dealkylation sites (tertiary alicyclic amines) is 1.